The topological polar surface area (TPSA) is 86.0 Å². The second kappa shape index (κ2) is 4.79. The van der Waals surface area contributed by atoms with Crippen molar-refractivity contribution in [1.29, 1.82) is 0 Å². The van der Waals surface area contributed by atoms with Crippen molar-refractivity contribution in [1.82, 2.24) is 0 Å². The Kier molecular flexibility index (Phi) is 3.18. The Hall–Kier alpha value is -2.50. The number of hydrogen-bond donors (Lipinski definition) is 1. The monoisotopic (exact) mass is 250 g/mol. The molecule has 6 nitrogen and oxygen atoms in total. The molecule has 0 aliphatic heterocycles. The van der Waals surface area contributed by atoms with E-state index in [4.69, 9.17) is 14.3 Å². The van der Waals surface area contributed by atoms with E-state index in [1.165, 1.54) is 13.2 Å². The third-order valence-electron chi connectivity index (χ3n) is 2.24. The maximum atomic E-state index is 11.3. The van der Waals surface area contributed by atoms with Crippen LogP contribution in [0.25, 0.3) is 11.0 Å². The number of carbonyl (C=O) groups excluding carboxylic acids is 1. The number of rotatable bonds is 4. The Balaban J connectivity index is 2.27. The first-order valence-corrected chi connectivity index (χ1v) is 5.06. The second-order valence-corrected chi connectivity index (χ2v) is 3.48. The third-order valence-corrected chi connectivity index (χ3v) is 2.24. The number of benzene rings is 1. The zero-order valence-electron chi connectivity index (χ0n) is 9.50. The van der Waals surface area contributed by atoms with E-state index in [1.54, 1.807) is 18.2 Å². The Bertz CT molecular complexity index is 598. The predicted molar refractivity (Wildman–Crippen MR) is 60.7 cm³/mol. The van der Waals surface area contributed by atoms with Gasteiger partial charge in [-0.3, -0.25) is 0 Å². The lowest BCUT2D eigenvalue weighted by Crippen LogP contribution is -2.09. The summed E-state index contributed by atoms with van der Waals surface area (Å²) in [5.74, 6) is -1.19. The number of aliphatic carboxylic acids is 1. The van der Waals surface area contributed by atoms with Crippen LogP contribution in [0, 0.1) is 0 Å². The lowest BCUT2D eigenvalue weighted by atomic mass is 10.2. The Morgan fingerprint density at radius 3 is 2.78 bits per heavy atom. The highest BCUT2D eigenvalue weighted by molar-refractivity contribution is 5.92. The number of furan rings is 1. The number of esters is 1. The van der Waals surface area contributed by atoms with Crippen LogP contribution < -0.4 is 4.74 Å². The van der Waals surface area contributed by atoms with Crippen LogP contribution in [0.2, 0.25) is 0 Å². The number of hydrogen-bond acceptors (Lipinski definition) is 5. The van der Waals surface area contributed by atoms with Crippen molar-refractivity contribution in [3.8, 4) is 5.75 Å². The van der Waals surface area contributed by atoms with Gasteiger partial charge in [-0.2, -0.15) is 0 Å². The van der Waals surface area contributed by atoms with Crippen molar-refractivity contribution >= 4 is 22.9 Å². The molecule has 0 bridgehead atoms. The molecule has 2 aromatic rings. The maximum absolute atomic E-state index is 11.3. The van der Waals surface area contributed by atoms with Gasteiger partial charge in [0.1, 0.15) is 11.3 Å². The van der Waals surface area contributed by atoms with Gasteiger partial charge in [-0.05, 0) is 18.2 Å². The molecule has 0 amide bonds. The molecule has 1 heterocycles. The number of fused-ring (bicyclic) bond motifs is 1. The maximum Gasteiger partial charge on any atom is 0.373 e. The van der Waals surface area contributed by atoms with Crippen molar-refractivity contribution in [3.63, 3.8) is 0 Å². The van der Waals surface area contributed by atoms with Crippen LogP contribution in [0.15, 0.2) is 28.7 Å². The van der Waals surface area contributed by atoms with Crippen LogP contribution >= 0.6 is 0 Å². The molecule has 2 rings (SSSR count). The molecule has 0 atom stereocenters. The van der Waals surface area contributed by atoms with E-state index in [9.17, 15) is 9.59 Å². The molecule has 0 unspecified atom stereocenters. The largest absolute Gasteiger partial charge is 0.482 e. The standard InChI is InChI=1S/C12H10O6/c1-16-12(15)10-4-7-2-3-8(5-9(7)18-10)17-6-11(13)14/h2-5H,6H2,1H3,(H,13,14). The van der Waals surface area contributed by atoms with Crippen LogP contribution in [-0.2, 0) is 9.53 Å². The summed E-state index contributed by atoms with van der Waals surface area (Å²) in [6, 6.07) is 6.33. The summed E-state index contributed by atoms with van der Waals surface area (Å²) < 4.78 is 14.8. The van der Waals surface area contributed by atoms with E-state index < -0.39 is 18.5 Å². The molecule has 0 saturated carbocycles. The van der Waals surface area contributed by atoms with E-state index in [2.05, 4.69) is 4.74 Å². The van der Waals surface area contributed by atoms with E-state index in [1.807, 2.05) is 0 Å². The van der Waals surface area contributed by atoms with Crippen LogP contribution in [0.4, 0.5) is 0 Å². The van der Waals surface area contributed by atoms with Gasteiger partial charge >= 0.3 is 11.9 Å². The molecule has 1 aromatic carbocycles. The van der Waals surface area contributed by atoms with Crippen LogP contribution in [0.3, 0.4) is 0 Å². The number of methoxy groups -OCH3 is 1. The lowest BCUT2D eigenvalue weighted by molar-refractivity contribution is -0.139. The number of carboxylic acid groups (broad SMARTS) is 1. The molecule has 94 valence electrons. The van der Waals surface area contributed by atoms with Gasteiger partial charge in [0, 0.05) is 11.5 Å². The van der Waals surface area contributed by atoms with Gasteiger partial charge in [0.25, 0.3) is 0 Å². The van der Waals surface area contributed by atoms with Crippen molar-refractivity contribution in [2.75, 3.05) is 13.7 Å². The molecule has 0 aliphatic carbocycles. The molecule has 0 saturated heterocycles. The summed E-state index contributed by atoms with van der Waals surface area (Å²) >= 11 is 0. The second-order valence-electron chi connectivity index (χ2n) is 3.48. The normalized spacial score (nSPS) is 10.3. The average molecular weight is 250 g/mol. The highest BCUT2D eigenvalue weighted by atomic mass is 16.5. The first kappa shape index (κ1) is 12.0. The first-order valence-electron chi connectivity index (χ1n) is 5.06. The third kappa shape index (κ3) is 2.42. The molecule has 6 heteroatoms. The number of ether oxygens (including phenoxy) is 2. The Morgan fingerprint density at radius 1 is 1.33 bits per heavy atom. The fourth-order valence-electron chi connectivity index (χ4n) is 1.45. The molecule has 1 N–H and O–H groups in total. The minimum Gasteiger partial charge on any atom is -0.482 e. The Morgan fingerprint density at radius 2 is 2.11 bits per heavy atom. The molecular formula is C12H10O6. The van der Waals surface area contributed by atoms with Gasteiger partial charge < -0.3 is 19.0 Å². The van der Waals surface area contributed by atoms with Crippen molar-refractivity contribution in [3.05, 3.63) is 30.0 Å². The predicted octanol–water partition coefficient (Wildman–Crippen LogP) is 1.68. The van der Waals surface area contributed by atoms with Crippen LogP contribution in [-0.4, -0.2) is 30.8 Å². The minimum absolute atomic E-state index is 0.0860. The Labute approximate surface area is 102 Å². The van der Waals surface area contributed by atoms with E-state index >= 15 is 0 Å². The van der Waals surface area contributed by atoms with Gasteiger partial charge in [0.15, 0.2) is 6.61 Å². The smallest absolute Gasteiger partial charge is 0.373 e. The quantitative estimate of drug-likeness (QED) is 0.831. The zero-order valence-corrected chi connectivity index (χ0v) is 9.50. The van der Waals surface area contributed by atoms with E-state index in [0.29, 0.717) is 16.7 Å². The van der Waals surface area contributed by atoms with Gasteiger partial charge in [0.2, 0.25) is 5.76 Å². The molecule has 18 heavy (non-hydrogen) atoms. The van der Waals surface area contributed by atoms with Crippen LogP contribution in [0.1, 0.15) is 10.6 Å². The highest BCUT2D eigenvalue weighted by Crippen LogP contribution is 2.24. The van der Waals surface area contributed by atoms with Crippen molar-refractivity contribution in [2.45, 2.75) is 0 Å². The molecular weight excluding hydrogens is 240 g/mol. The van der Waals surface area contributed by atoms with Gasteiger partial charge in [0.05, 0.1) is 7.11 Å². The fraction of sp³-hybridized carbons (Fsp3) is 0.167. The van der Waals surface area contributed by atoms with Crippen LogP contribution in [0.5, 0.6) is 5.75 Å². The lowest BCUT2D eigenvalue weighted by Gasteiger charge is -2.01. The number of carboxylic acids is 1. The summed E-state index contributed by atoms with van der Waals surface area (Å²) in [6.07, 6.45) is 0. The molecule has 0 spiro atoms. The summed E-state index contributed by atoms with van der Waals surface area (Å²) in [6.45, 7) is -0.434. The SMILES string of the molecule is COC(=O)c1cc2ccc(OCC(=O)O)cc2o1. The van der Waals surface area contributed by atoms with Gasteiger partial charge in [-0.15, -0.1) is 0 Å². The first-order chi connectivity index (χ1) is 8.60. The molecule has 1 aromatic heterocycles. The highest BCUT2D eigenvalue weighted by Gasteiger charge is 2.12. The summed E-state index contributed by atoms with van der Waals surface area (Å²) in [4.78, 5) is 21.6. The van der Waals surface area contributed by atoms with Crippen molar-refractivity contribution in [2.24, 2.45) is 0 Å². The summed E-state index contributed by atoms with van der Waals surface area (Å²) in [7, 11) is 1.26. The van der Waals surface area contributed by atoms with E-state index in [-0.39, 0.29) is 5.76 Å². The van der Waals surface area contributed by atoms with Crippen molar-refractivity contribution < 1.29 is 28.6 Å². The molecule has 0 fully saturated rings. The zero-order chi connectivity index (χ0) is 13.1. The van der Waals surface area contributed by atoms with Gasteiger partial charge in [-0.25, -0.2) is 9.59 Å². The average Bonchev–Trinajstić information content (AvgIpc) is 2.78. The summed E-state index contributed by atoms with van der Waals surface area (Å²) in [5, 5.41) is 9.19. The minimum atomic E-state index is -1.07. The summed E-state index contributed by atoms with van der Waals surface area (Å²) in [5.41, 5.74) is 0.429. The molecule has 0 aliphatic rings. The number of carbonyl (C=O) groups is 2. The van der Waals surface area contributed by atoms with E-state index in [0.717, 1.165) is 0 Å². The molecule has 0 radical (unpaired) electrons. The van der Waals surface area contributed by atoms with Gasteiger partial charge in [-0.1, -0.05) is 0 Å². The fourth-order valence-corrected chi connectivity index (χ4v) is 1.45.